The van der Waals surface area contributed by atoms with E-state index in [2.05, 4.69) is 15.5 Å². The molecule has 2 heterocycles. The molecule has 0 radical (unpaired) electrons. The largest absolute Gasteiger partial charge is 0.497 e. The number of nitrogens with one attached hydrogen (secondary N) is 1. The Bertz CT molecular complexity index is 870. The van der Waals surface area contributed by atoms with E-state index in [0.717, 1.165) is 0 Å². The average Bonchev–Trinajstić information content (AvgIpc) is 2.73. The Labute approximate surface area is 176 Å². The zero-order valence-corrected chi connectivity index (χ0v) is 17.7. The van der Waals surface area contributed by atoms with E-state index in [4.69, 9.17) is 9.47 Å². The number of ether oxygens (including phenoxy) is 2. The Hall–Kier alpha value is -3.36. The monoisotopic (exact) mass is 413 g/mol. The minimum absolute atomic E-state index is 0.224. The molecule has 0 atom stereocenters. The number of hydrogen-bond acceptors (Lipinski definition) is 7. The Morgan fingerprint density at radius 2 is 1.63 bits per heavy atom. The summed E-state index contributed by atoms with van der Waals surface area (Å²) in [5.41, 5.74) is 0.356. The van der Waals surface area contributed by atoms with Crippen LogP contribution in [-0.2, 0) is 4.74 Å². The van der Waals surface area contributed by atoms with Crippen LogP contribution < -0.4 is 15.0 Å². The maximum atomic E-state index is 12.4. The fourth-order valence-electron chi connectivity index (χ4n) is 2.93. The summed E-state index contributed by atoms with van der Waals surface area (Å²) in [6.07, 6.45) is -0.307. The first kappa shape index (κ1) is 21.4. The highest BCUT2D eigenvalue weighted by Crippen LogP contribution is 2.17. The van der Waals surface area contributed by atoms with E-state index in [-0.39, 0.29) is 17.7 Å². The van der Waals surface area contributed by atoms with Crippen molar-refractivity contribution in [3.8, 4) is 5.75 Å². The molecule has 0 bridgehead atoms. The van der Waals surface area contributed by atoms with Gasteiger partial charge in [0.1, 0.15) is 11.4 Å². The van der Waals surface area contributed by atoms with Crippen molar-refractivity contribution in [3.63, 3.8) is 0 Å². The van der Waals surface area contributed by atoms with Crippen molar-refractivity contribution >= 4 is 23.5 Å². The zero-order valence-electron chi connectivity index (χ0n) is 17.7. The predicted molar refractivity (Wildman–Crippen MR) is 113 cm³/mol. The molecule has 1 aliphatic heterocycles. The Balaban J connectivity index is 1.54. The van der Waals surface area contributed by atoms with Crippen molar-refractivity contribution in [2.24, 2.45) is 0 Å². The van der Waals surface area contributed by atoms with Gasteiger partial charge in [-0.15, -0.1) is 10.2 Å². The second kappa shape index (κ2) is 8.98. The van der Waals surface area contributed by atoms with E-state index >= 15 is 0 Å². The third kappa shape index (κ3) is 5.59. The van der Waals surface area contributed by atoms with Crippen molar-refractivity contribution in [1.29, 1.82) is 0 Å². The van der Waals surface area contributed by atoms with Crippen LogP contribution in [0.3, 0.4) is 0 Å². The average molecular weight is 413 g/mol. The molecule has 2 amide bonds. The number of piperazine rings is 1. The number of amides is 2. The molecule has 30 heavy (non-hydrogen) atoms. The number of benzene rings is 1. The van der Waals surface area contributed by atoms with Crippen molar-refractivity contribution < 1.29 is 19.1 Å². The molecule has 9 nitrogen and oxygen atoms in total. The van der Waals surface area contributed by atoms with E-state index in [9.17, 15) is 9.59 Å². The van der Waals surface area contributed by atoms with Gasteiger partial charge in [0, 0.05) is 31.9 Å². The molecule has 1 N–H and O–H groups in total. The minimum atomic E-state index is -0.512. The molecule has 0 aliphatic carbocycles. The van der Waals surface area contributed by atoms with Crippen LogP contribution in [0.4, 0.5) is 16.3 Å². The van der Waals surface area contributed by atoms with Gasteiger partial charge >= 0.3 is 6.09 Å². The SMILES string of the molecule is COc1ccc(NC(=O)c2ccc(N3CCN(C(=O)OC(C)(C)C)CC3)nn2)cc1. The number of anilines is 2. The lowest BCUT2D eigenvalue weighted by Gasteiger charge is -2.35. The van der Waals surface area contributed by atoms with Gasteiger partial charge in [-0.3, -0.25) is 4.79 Å². The van der Waals surface area contributed by atoms with Crippen LogP contribution in [0, 0.1) is 0 Å². The molecular weight excluding hydrogens is 386 g/mol. The van der Waals surface area contributed by atoms with E-state index in [1.54, 1.807) is 48.4 Å². The first-order valence-electron chi connectivity index (χ1n) is 9.77. The third-order valence-corrected chi connectivity index (χ3v) is 4.49. The second-order valence-corrected chi connectivity index (χ2v) is 7.91. The van der Waals surface area contributed by atoms with Crippen molar-refractivity contribution in [1.82, 2.24) is 15.1 Å². The Kier molecular flexibility index (Phi) is 6.39. The summed E-state index contributed by atoms with van der Waals surface area (Å²) in [7, 11) is 1.59. The van der Waals surface area contributed by atoms with Crippen LogP contribution in [0.1, 0.15) is 31.3 Å². The van der Waals surface area contributed by atoms with Gasteiger partial charge in [0.05, 0.1) is 7.11 Å². The number of rotatable bonds is 4. The smallest absolute Gasteiger partial charge is 0.410 e. The van der Waals surface area contributed by atoms with Crippen LogP contribution in [0.2, 0.25) is 0 Å². The number of nitrogens with zero attached hydrogens (tertiary/aromatic N) is 4. The molecule has 160 valence electrons. The summed E-state index contributed by atoms with van der Waals surface area (Å²) in [6.45, 7) is 7.86. The summed E-state index contributed by atoms with van der Waals surface area (Å²) >= 11 is 0. The van der Waals surface area contributed by atoms with Gasteiger partial charge in [-0.2, -0.15) is 0 Å². The number of aromatic nitrogens is 2. The Morgan fingerprint density at radius 3 is 2.17 bits per heavy atom. The number of carbonyl (C=O) groups excluding carboxylic acids is 2. The normalized spacial score (nSPS) is 14.3. The summed E-state index contributed by atoms with van der Waals surface area (Å²) in [5.74, 6) is 1.04. The lowest BCUT2D eigenvalue weighted by atomic mass is 10.2. The van der Waals surface area contributed by atoms with E-state index in [1.165, 1.54) is 0 Å². The number of carbonyl (C=O) groups is 2. The molecule has 0 saturated carbocycles. The molecule has 0 unspecified atom stereocenters. The number of methoxy groups -OCH3 is 1. The molecule has 0 spiro atoms. The quantitative estimate of drug-likeness (QED) is 0.823. The predicted octanol–water partition coefficient (Wildman–Crippen LogP) is 2.79. The second-order valence-electron chi connectivity index (χ2n) is 7.91. The van der Waals surface area contributed by atoms with Crippen LogP contribution >= 0.6 is 0 Å². The highest BCUT2D eigenvalue weighted by molar-refractivity contribution is 6.02. The van der Waals surface area contributed by atoms with Gasteiger partial charge in [-0.1, -0.05) is 0 Å². The summed E-state index contributed by atoms with van der Waals surface area (Å²) < 4.78 is 10.5. The number of hydrogen-bond donors (Lipinski definition) is 1. The van der Waals surface area contributed by atoms with Crippen LogP contribution in [0.5, 0.6) is 5.75 Å². The molecular formula is C21H27N5O4. The molecule has 3 rings (SSSR count). The molecule has 1 saturated heterocycles. The van der Waals surface area contributed by atoms with Crippen molar-refractivity contribution in [2.75, 3.05) is 43.5 Å². The first-order valence-corrected chi connectivity index (χ1v) is 9.77. The van der Waals surface area contributed by atoms with Gasteiger partial charge < -0.3 is 24.6 Å². The molecule has 1 fully saturated rings. The van der Waals surface area contributed by atoms with Crippen LogP contribution in [-0.4, -0.2) is 66.0 Å². The minimum Gasteiger partial charge on any atom is -0.497 e. The van der Waals surface area contributed by atoms with E-state index in [1.807, 2.05) is 25.7 Å². The summed E-state index contributed by atoms with van der Waals surface area (Å²) in [5, 5.41) is 11.0. The Morgan fingerprint density at radius 1 is 0.967 bits per heavy atom. The maximum Gasteiger partial charge on any atom is 0.410 e. The fraction of sp³-hybridized carbons (Fsp3) is 0.429. The highest BCUT2D eigenvalue weighted by atomic mass is 16.6. The summed E-state index contributed by atoms with van der Waals surface area (Å²) in [6, 6.07) is 10.4. The first-order chi connectivity index (χ1) is 14.2. The third-order valence-electron chi connectivity index (χ3n) is 4.49. The fourth-order valence-corrected chi connectivity index (χ4v) is 2.93. The lowest BCUT2D eigenvalue weighted by molar-refractivity contribution is 0.0240. The lowest BCUT2D eigenvalue weighted by Crippen LogP contribution is -2.50. The topological polar surface area (TPSA) is 96.9 Å². The summed E-state index contributed by atoms with van der Waals surface area (Å²) in [4.78, 5) is 28.3. The highest BCUT2D eigenvalue weighted by Gasteiger charge is 2.26. The van der Waals surface area contributed by atoms with Gasteiger partial charge in [-0.25, -0.2) is 4.79 Å². The molecule has 1 aromatic heterocycles. The van der Waals surface area contributed by atoms with Gasteiger partial charge in [0.2, 0.25) is 0 Å². The van der Waals surface area contributed by atoms with Gasteiger partial charge in [0.15, 0.2) is 11.5 Å². The maximum absolute atomic E-state index is 12.4. The molecule has 1 aliphatic rings. The van der Waals surface area contributed by atoms with E-state index < -0.39 is 5.60 Å². The molecule has 2 aromatic rings. The molecule has 9 heteroatoms. The standard InChI is InChI=1S/C21H27N5O4/c1-21(2,3)30-20(28)26-13-11-25(12-14-26)18-10-9-17(23-24-18)19(27)22-15-5-7-16(29-4)8-6-15/h5-10H,11-14H2,1-4H3,(H,22,27). The zero-order chi connectivity index (χ0) is 21.7. The van der Waals surface area contributed by atoms with Gasteiger partial charge in [0.25, 0.3) is 5.91 Å². The van der Waals surface area contributed by atoms with Crippen molar-refractivity contribution in [2.45, 2.75) is 26.4 Å². The van der Waals surface area contributed by atoms with Crippen LogP contribution in [0.25, 0.3) is 0 Å². The molecule has 1 aromatic carbocycles. The van der Waals surface area contributed by atoms with Gasteiger partial charge in [-0.05, 0) is 57.2 Å². The van der Waals surface area contributed by atoms with Crippen LogP contribution in [0.15, 0.2) is 36.4 Å². The van der Waals surface area contributed by atoms with E-state index in [0.29, 0.717) is 43.4 Å². The van der Waals surface area contributed by atoms with Crippen molar-refractivity contribution in [3.05, 3.63) is 42.1 Å².